The maximum atomic E-state index is 11.2. The van der Waals surface area contributed by atoms with Gasteiger partial charge in [0, 0.05) is 11.4 Å². The lowest BCUT2D eigenvalue weighted by Gasteiger charge is -2.15. The van der Waals surface area contributed by atoms with Gasteiger partial charge in [0.25, 0.3) is 0 Å². The van der Waals surface area contributed by atoms with E-state index in [2.05, 4.69) is 28.9 Å². The van der Waals surface area contributed by atoms with Crippen LogP contribution in [0.2, 0.25) is 0 Å². The number of nitrogens with one attached hydrogen (secondary N) is 1. The Morgan fingerprint density at radius 1 is 1.24 bits per heavy atom. The fourth-order valence-corrected chi connectivity index (χ4v) is 3.07. The second kappa shape index (κ2) is 7.38. The van der Waals surface area contributed by atoms with Crippen LogP contribution in [0.4, 0.5) is 0 Å². The maximum Gasteiger partial charge on any atom is 0.320 e. The Morgan fingerprint density at radius 2 is 1.95 bits per heavy atom. The van der Waals surface area contributed by atoms with Crippen LogP contribution in [0.3, 0.4) is 0 Å². The third-order valence-electron chi connectivity index (χ3n) is 3.29. The van der Waals surface area contributed by atoms with Gasteiger partial charge in [0.2, 0.25) is 0 Å². The molecule has 2 rings (SSSR count). The van der Waals surface area contributed by atoms with E-state index in [0.717, 1.165) is 4.88 Å². The van der Waals surface area contributed by atoms with Crippen LogP contribution in [0, 0.1) is 5.92 Å². The lowest BCUT2D eigenvalue weighted by molar-refractivity contribution is -0.140. The summed E-state index contributed by atoms with van der Waals surface area (Å²) in [7, 11) is 0. The SMILES string of the molecule is CC(C)C[C@@H](NCc1cc(-c2ccccc2)cs1)C(=O)O. The summed E-state index contributed by atoms with van der Waals surface area (Å²) in [5.74, 6) is -0.412. The van der Waals surface area contributed by atoms with Crippen LogP contribution in [-0.4, -0.2) is 17.1 Å². The zero-order chi connectivity index (χ0) is 15.2. The Kier molecular flexibility index (Phi) is 5.53. The van der Waals surface area contributed by atoms with Gasteiger partial charge in [-0.15, -0.1) is 11.3 Å². The Morgan fingerprint density at radius 3 is 2.57 bits per heavy atom. The molecule has 4 heteroatoms. The van der Waals surface area contributed by atoms with E-state index in [9.17, 15) is 9.90 Å². The number of rotatable bonds is 7. The van der Waals surface area contributed by atoms with Crippen molar-refractivity contribution in [1.82, 2.24) is 5.32 Å². The maximum absolute atomic E-state index is 11.2. The van der Waals surface area contributed by atoms with Gasteiger partial charge in [-0.25, -0.2) is 0 Å². The highest BCUT2D eigenvalue weighted by Gasteiger charge is 2.18. The van der Waals surface area contributed by atoms with Crippen LogP contribution >= 0.6 is 11.3 Å². The molecule has 0 aliphatic rings. The molecule has 0 amide bonds. The first-order valence-corrected chi connectivity index (χ1v) is 8.03. The lowest BCUT2D eigenvalue weighted by atomic mass is 10.0. The Hall–Kier alpha value is -1.65. The van der Waals surface area contributed by atoms with Gasteiger partial charge >= 0.3 is 5.97 Å². The van der Waals surface area contributed by atoms with Gasteiger partial charge in [-0.1, -0.05) is 44.2 Å². The van der Waals surface area contributed by atoms with Crippen molar-refractivity contribution in [1.29, 1.82) is 0 Å². The van der Waals surface area contributed by atoms with E-state index in [0.29, 0.717) is 18.9 Å². The fraction of sp³-hybridized carbons (Fsp3) is 0.353. The monoisotopic (exact) mass is 303 g/mol. The molecule has 1 aromatic carbocycles. The van der Waals surface area contributed by atoms with E-state index < -0.39 is 12.0 Å². The number of aliphatic carboxylic acids is 1. The van der Waals surface area contributed by atoms with Gasteiger partial charge in [0.1, 0.15) is 6.04 Å². The summed E-state index contributed by atoms with van der Waals surface area (Å²) in [5, 5.41) is 14.5. The van der Waals surface area contributed by atoms with Crippen molar-refractivity contribution >= 4 is 17.3 Å². The molecule has 2 aromatic rings. The molecule has 2 N–H and O–H groups in total. The van der Waals surface area contributed by atoms with Gasteiger partial charge in [-0.3, -0.25) is 10.1 Å². The highest BCUT2D eigenvalue weighted by atomic mass is 32.1. The molecule has 1 heterocycles. The second-order valence-electron chi connectivity index (χ2n) is 5.57. The highest BCUT2D eigenvalue weighted by molar-refractivity contribution is 7.10. The zero-order valence-corrected chi connectivity index (χ0v) is 13.2. The number of benzene rings is 1. The minimum Gasteiger partial charge on any atom is -0.480 e. The molecule has 0 aliphatic carbocycles. The molecular weight excluding hydrogens is 282 g/mol. The normalized spacial score (nSPS) is 12.5. The third-order valence-corrected chi connectivity index (χ3v) is 4.23. The molecule has 0 bridgehead atoms. The van der Waals surface area contributed by atoms with Gasteiger partial charge in [-0.05, 0) is 34.9 Å². The first kappa shape index (κ1) is 15.7. The summed E-state index contributed by atoms with van der Waals surface area (Å²) in [6, 6.07) is 11.9. The van der Waals surface area contributed by atoms with E-state index in [1.807, 2.05) is 32.0 Å². The van der Waals surface area contributed by atoms with Gasteiger partial charge < -0.3 is 5.11 Å². The standard InChI is InChI=1S/C17H21NO2S/c1-12(2)8-16(17(19)20)18-10-15-9-14(11-21-15)13-6-4-3-5-7-13/h3-7,9,11-12,16,18H,8,10H2,1-2H3,(H,19,20)/t16-/m1/s1. The third kappa shape index (κ3) is 4.69. The summed E-state index contributed by atoms with van der Waals surface area (Å²) in [6.45, 7) is 4.67. The summed E-state index contributed by atoms with van der Waals surface area (Å²) in [6.07, 6.45) is 0.645. The number of hydrogen-bond acceptors (Lipinski definition) is 3. The average Bonchev–Trinajstić information content (AvgIpc) is 2.92. The van der Waals surface area contributed by atoms with Crippen LogP contribution in [0.25, 0.3) is 11.1 Å². The molecule has 0 aliphatic heterocycles. The second-order valence-corrected chi connectivity index (χ2v) is 6.56. The summed E-state index contributed by atoms with van der Waals surface area (Å²) < 4.78 is 0. The predicted octanol–water partition coefficient (Wildman–Crippen LogP) is 4.00. The molecule has 3 nitrogen and oxygen atoms in total. The van der Waals surface area contributed by atoms with E-state index in [1.165, 1.54) is 11.1 Å². The summed E-state index contributed by atoms with van der Waals surface area (Å²) >= 11 is 1.66. The number of carboxylic acid groups (broad SMARTS) is 1. The first-order chi connectivity index (χ1) is 10.1. The summed E-state index contributed by atoms with van der Waals surface area (Å²) in [5.41, 5.74) is 2.38. The van der Waals surface area contributed by atoms with Gasteiger partial charge in [0.05, 0.1) is 0 Å². The minimum atomic E-state index is -0.775. The van der Waals surface area contributed by atoms with Crippen LogP contribution in [0.5, 0.6) is 0 Å². The molecule has 1 aromatic heterocycles. The van der Waals surface area contributed by atoms with E-state index in [1.54, 1.807) is 11.3 Å². The van der Waals surface area contributed by atoms with Gasteiger partial charge in [0.15, 0.2) is 0 Å². The lowest BCUT2D eigenvalue weighted by Crippen LogP contribution is -2.37. The molecule has 1 atom stereocenters. The Balaban J connectivity index is 1.98. The van der Waals surface area contributed by atoms with E-state index in [4.69, 9.17) is 0 Å². The topological polar surface area (TPSA) is 49.3 Å². The predicted molar refractivity (Wildman–Crippen MR) is 87.5 cm³/mol. The number of carboxylic acids is 1. The van der Waals surface area contributed by atoms with E-state index in [-0.39, 0.29) is 0 Å². The molecule has 0 unspecified atom stereocenters. The largest absolute Gasteiger partial charge is 0.480 e. The molecular formula is C17H21NO2S. The van der Waals surface area contributed by atoms with Gasteiger partial charge in [-0.2, -0.15) is 0 Å². The fourth-order valence-electron chi connectivity index (χ4n) is 2.22. The highest BCUT2D eigenvalue weighted by Crippen LogP contribution is 2.25. The van der Waals surface area contributed by atoms with Crippen LogP contribution in [-0.2, 0) is 11.3 Å². The van der Waals surface area contributed by atoms with Crippen LogP contribution in [0.1, 0.15) is 25.1 Å². The van der Waals surface area contributed by atoms with Crippen molar-refractivity contribution in [2.75, 3.05) is 0 Å². The molecule has 0 spiro atoms. The van der Waals surface area contributed by atoms with Crippen molar-refractivity contribution < 1.29 is 9.90 Å². The van der Waals surface area contributed by atoms with Crippen molar-refractivity contribution in [2.24, 2.45) is 5.92 Å². The van der Waals surface area contributed by atoms with Crippen molar-refractivity contribution in [3.05, 3.63) is 46.7 Å². The molecule has 0 saturated heterocycles. The molecule has 21 heavy (non-hydrogen) atoms. The van der Waals surface area contributed by atoms with Crippen LogP contribution < -0.4 is 5.32 Å². The Bertz CT molecular complexity index is 577. The molecule has 0 saturated carbocycles. The van der Waals surface area contributed by atoms with E-state index >= 15 is 0 Å². The first-order valence-electron chi connectivity index (χ1n) is 7.15. The van der Waals surface area contributed by atoms with Crippen molar-refractivity contribution in [2.45, 2.75) is 32.9 Å². The summed E-state index contributed by atoms with van der Waals surface area (Å²) in [4.78, 5) is 12.4. The number of thiophene rings is 1. The Labute approximate surface area is 129 Å². The quantitative estimate of drug-likeness (QED) is 0.812. The van der Waals surface area contributed by atoms with Crippen molar-refractivity contribution in [3.8, 4) is 11.1 Å². The number of carbonyl (C=O) groups is 1. The van der Waals surface area contributed by atoms with Crippen molar-refractivity contribution in [3.63, 3.8) is 0 Å². The zero-order valence-electron chi connectivity index (χ0n) is 12.4. The minimum absolute atomic E-state index is 0.363. The number of hydrogen-bond donors (Lipinski definition) is 2. The molecule has 0 fully saturated rings. The van der Waals surface area contributed by atoms with Crippen LogP contribution in [0.15, 0.2) is 41.8 Å². The molecule has 112 valence electrons. The molecule has 0 radical (unpaired) electrons. The smallest absolute Gasteiger partial charge is 0.320 e. The average molecular weight is 303 g/mol.